The fourth-order valence-electron chi connectivity index (χ4n) is 3.13. The molecule has 30 heavy (non-hydrogen) atoms. The number of methoxy groups -OCH3 is 1. The van der Waals surface area contributed by atoms with Gasteiger partial charge in [-0.15, -0.1) is 0 Å². The number of ether oxygens (including phenoxy) is 1. The molecule has 0 atom stereocenters. The number of hydrogen-bond acceptors (Lipinski definition) is 6. The number of rotatable bonds is 8. The second-order valence-corrected chi connectivity index (χ2v) is 9.38. The first-order chi connectivity index (χ1) is 14.4. The molecule has 1 saturated heterocycles. The van der Waals surface area contributed by atoms with Gasteiger partial charge >= 0.3 is 0 Å². The average molecular weight is 497 g/mol. The minimum atomic E-state index is -3.82. The summed E-state index contributed by atoms with van der Waals surface area (Å²) in [6, 6.07) is 11.5. The predicted molar refractivity (Wildman–Crippen MR) is 121 cm³/mol. The van der Waals surface area contributed by atoms with Gasteiger partial charge in [0, 0.05) is 49.9 Å². The Kier molecular flexibility index (Phi) is 7.70. The maximum atomic E-state index is 13.0. The molecule has 3 N–H and O–H groups in total. The van der Waals surface area contributed by atoms with Crippen molar-refractivity contribution in [3.05, 3.63) is 52.5 Å². The van der Waals surface area contributed by atoms with Gasteiger partial charge < -0.3 is 20.3 Å². The highest BCUT2D eigenvalue weighted by Gasteiger charge is 2.21. The van der Waals surface area contributed by atoms with E-state index in [1.807, 2.05) is 0 Å². The van der Waals surface area contributed by atoms with Crippen molar-refractivity contribution in [2.45, 2.75) is 4.90 Å². The smallest absolute Gasteiger partial charge is 0.261 e. The van der Waals surface area contributed by atoms with Crippen LogP contribution in [0.5, 0.6) is 0 Å². The molecule has 8 nitrogen and oxygen atoms in total. The van der Waals surface area contributed by atoms with E-state index in [0.717, 1.165) is 36.3 Å². The molecule has 2 aromatic carbocycles. The second kappa shape index (κ2) is 10.3. The van der Waals surface area contributed by atoms with E-state index in [-0.39, 0.29) is 10.8 Å². The third-order valence-corrected chi connectivity index (χ3v) is 6.59. The summed E-state index contributed by atoms with van der Waals surface area (Å²) in [6.45, 7) is 3.86. The summed E-state index contributed by atoms with van der Waals surface area (Å²) in [5.41, 5.74) is 1.49. The van der Waals surface area contributed by atoms with E-state index in [1.54, 1.807) is 37.4 Å². The molecule has 2 aromatic rings. The van der Waals surface area contributed by atoms with Crippen LogP contribution in [0, 0.1) is 0 Å². The lowest BCUT2D eigenvalue weighted by molar-refractivity contribution is 0.0937. The average Bonchev–Trinajstić information content (AvgIpc) is 2.74. The zero-order chi connectivity index (χ0) is 21.6. The number of sulfonamides is 1. The van der Waals surface area contributed by atoms with Crippen LogP contribution in [0.3, 0.4) is 0 Å². The molecular weight excluding hydrogens is 472 g/mol. The fourth-order valence-corrected chi connectivity index (χ4v) is 4.46. The predicted octanol–water partition coefficient (Wildman–Crippen LogP) is 2.04. The van der Waals surface area contributed by atoms with Crippen LogP contribution in [-0.2, 0) is 14.8 Å². The summed E-state index contributed by atoms with van der Waals surface area (Å²) >= 11 is 3.31. The highest BCUT2D eigenvalue weighted by Crippen LogP contribution is 2.30. The topological polar surface area (TPSA) is 99.8 Å². The van der Waals surface area contributed by atoms with Crippen molar-refractivity contribution in [2.75, 3.05) is 56.1 Å². The first-order valence-electron chi connectivity index (χ1n) is 9.56. The summed E-state index contributed by atoms with van der Waals surface area (Å²) in [6.07, 6.45) is 0. The van der Waals surface area contributed by atoms with Gasteiger partial charge in [0.05, 0.1) is 22.9 Å². The molecule has 0 aliphatic carbocycles. The lowest BCUT2D eigenvalue weighted by Crippen LogP contribution is -2.43. The van der Waals surface area contributed by atoms with Gasteiger partial charge in [0.2, 0.25) is 0 Å². The Hall–Kier alpha value is -2.14. The van der Waals surface area contributed by atoms with Gasteiger partial charge in [0.25, 0.3) is 15.9 Å². The maximum Gasteiger partial charge on any atom is 0.261 e. The van der Waals surface area contributed by atoms with Crippen molar-refractivity contribution in [2.24, 2.45) is 0 Å². The Morgan fingerprint density at radius 1 is 1.17 bits per heavy atom. The number of nitrogens with zero attached hydrogens (tertiary/aromatic N) is 1. The zero-order valence-corrected chi connectivity index (χ0v) is 19.1. The van der Waals surface area contributed by atoms with E-state index in [1.165, 1.54) is 12.1 Å². The van der Waals surface area contributed by atoms with Crippen LogP contribution < -0.4 is 20.3 Å². The largest absolute Gasteiger partial charge is 0.383 e. The highest BCUT2D eigenvalue weighted by molar-refractivity contribution is 9.10. The fraction of sp³-hybridized carbons (Fsp3) is 0.350. The lowest BCUT2D eigenvalue weighted by atomic mass is 10.1. The van der Waals surface area contributed by atoms with Gasteiger partial charge in [0.1, 0.15) is 0 Å². The molecule has 1 amide bonds. The Bertz CT molecular complexity index is 977. The molecular formula is C20H25BrN4O4S. The Labute approximate surface area is 185 Å². The van der Waals surface area contributed by atoms with Crippen molar-refractivity contribution < 1.29 is 17.9 Å². The standard InChI is InChI=1S/C20H25BrN4O4S/c1-29-13-10-23-20(26)15-2-7-19(25-11-8-22-9-12-25)18(14-15)24-30(27,28)17-5-3-16(21)4-6-17/h2-7,14,22,24H,8-13H2,1H3,(H,23,26). The first-order valence-corrected chi connectivity index (χ1v) is 11.8. The van der Waals surface area contributed by atoms with Crippen molar-refractivity contribution in [3.8, 4) is 0 Å². The number of amides is 1. The van der Waals surface area contributed by atoms with Crippen LogP contribution in [0.15, 0.2) is 51.8 Å². The maximum absolute atomic E-state index is 13.0. The van der Waals surface area contributed by atoms with E-state index >= 15 is 0 Å². The monoisotopic (exact) mass is 496 g/mol. The van der Waals surface area contributed by atoms with Gasteiger partial charge in [-0.05, 0) is 42.5 Å². The molecule has 0 bridgehead atoms. The Balaban J connectivity index is 1.92. The molecule has 10 heteroatoms. The zero-order valence-electron chi connectivity index (χ0n) is 16.7. The first kappa shape index (κ1) is 22.5. The van der Waals surface area contributed by atoms with Crippen molar-refractivity contribution in [3.63, 3.8) is 0 Å². The van der Waals surface area contributed by atoms with Crippen LogP contribution >= 0.6 is 15.9 Å². The number of halogens is 1. The van der Waals surface area contributed by atoms with Crippen LogP contribution in [0.25, 0.3) is 0 Å². The highest BCUT2D eigenvalue weighted by atomic mass is 79.9. The summed E-state index contributed by atoms with van der Waals surface area (Å²) in [7, 11) is -2.26. The molecule has 0 aromatic heterocycles. The van der Waals surface area contributed by atoms with Crippen molar-refractivity contribution >= 4 is 43.2 Å². The van der Waals surface area contributed by atoms with E-state index < -0.39 is 10.0 Å². The second-order valence-electron chi connectivity index (χ2n) is 6.78. The molecule has 0 unspecified atom stereocenters. The number of piperazine rings is 1. The van der Waals surface area contributed by atoms with Crippen molar-refractivity contribution in [1.29, 1.82) is 0 Å². The normalized spacial score (nSPS) is 14.4. The number of nitrogens with one attached hydrogen (secondary N) is 3. The molecule has 0 spiro atoms. The number of benzene rings is 2. The molecule has 0 radical (unpaired) electrons. The third-order valence-electron chi connectivity index (χ3n) is 4.68. The van der Waals surface area contributed by atoms with Gasteiger partial charge in [0.15, 0.2) is 0 Å². The van der Waals surface area contributed by atoms with Crippen LogP contribution in [0.2, 0.25) is 0 Å². The molecule has 0 saturated carbocycles. The van der Waals surface area contributed by atoms with Gasteiger partial charge in [-0.2, -0.15) is 0 Å². The van der Waals surface area contributed by atoms with E-state index in [0.29, 0.717) is 24.4 Å². The molecule has 162 valence electrons. The van der Waals surface area contributed by atoms with Crippen LogP contribution in [0.1, 0.15) is 10.4 Å². The number of carbonyl (C=O) groups excluding carboxylic acids is 1. The van der Waals surface area contributed by atoms with Crippen molar-refractivity contribution in [1.82, 2.24) is 10.6 Å². The summed E-state index contributed by atoms with van der Waals surface area (Å²) in [4.78, 5) is 14.7. The molecule has 1 aliphatic rings. The van der Waals surface area contributed by atoms with Gasteiger partial charge in [-0.1, -0.05) is 15.9 Å². The number of hydrogen-bond donors (Lipinski definition) is 3. The molecule has 1 aliphatic heterocycles. The van der Waals surface area contributed by atoms with Gasteiger partial charge in [-0.3, -0.25) is 9.52 Å². The minimum absolute atomic E-state index is 0.145. The van der Waals surface area contributed by atoms with Crippen LogP contribution in [0.4, 0.5) is 11.4 Å². The third kappa shape index (κ3) is 5.72. The summed E-state index contributed by atoms with van der Waals surface area (Å²) in [5, 5.41) is 6.04. The summed E-state index contributed by atoms with van der Waals surface area (Å²) < 4.78 is 34.3. The molecule has 1 heterocycles. The quantitative estimate of drug-likeness (QED) is 0.483. The Morgan fingerprint density at radius 3 is 2.53 bits per heavy atom. The minimum Gasteiger partial charge on any atom is -0.383 e. The van der Waals surface area contributed by atoms with E-state index in [2.05, 4.69) is 36.2 Å². The van der Waals surface area contributed by atoms with E-state index in [9.17, 15) is 13.2 Å². The van der Waals surface area contributed by atoms with E-state index in [4.69, 9.17) is 4.74 Å². The molecule has 1 fully saturated rings. The summed E-state index contributed by atoms with van der Waals surface area (Å²) in [5.74, 6) is -0.289. The number of anilines is 2. The Morgan fingerprint density at radius 2 is 1.87 bits per heavy atom. The van der Waals surface area contributed by atoms with Gasteiger partial charge in [-0.25, -0.2) is 8.42 Å². The molecule has 3 rings (SSSR count). The number of carbonyl (C=O) groups is 1. The van der Waals surface area contributed by atoms with Crippen LogP contribution in [-0.4, -0.2) is 60.8 Å². The SMILES string of the molecule is COCCNC(=O)c1ccc(N2CCNCC2)c(NS(=O)(=O)c2ccc(Br)cc2)c1. The lowest BCUT2D eigenvalue weighted by Gasteiger charge is -2.31.